The van der Waals surface area contributed by atoms with Gasteiger partial charge in [-0.3, -0.25) is 4.40 Å². The monoisotopic (exact) mass is 399 g/mol. The fraction of sp³-hybridized carbons (Fsp3) is 0.250. The normalized spacial score (nSPS) is 16.1. The van der Waals surface area contributed by atoms with Crippen LogP contribution in [-0.4, -0.2) is 22.6 Å². The molecular weight excluding hydrogens is 378 g/mol. The number of benzene rings is 2. The molecule has 4 aromatic rings. The molecule has 1 aliphatic rings. The summed E-state index contributed by atoms with van der Waals surface area (Å²) < 4.78 is 7.67. The van der Waals surface area contributed by atoms with Gasteiger partial charge in [-0.05, 0) is 73.2 Å². The first-order valence-corrected chi connectivity index (χ1v) is 10.6. The molecule has 5 rings (SSSR count). The molecule has 0 saturated carbocycles. The van der Waals surface area contributed by atoms with Crippen LogP contribution in [0.25, 0.3) is 16.6 Å². The van der Waals surface area contributed by atoms with E-state index in [4.69, 9.17) is 4.74 Å². The number of fused-ring (bicyclic) bond motifs is 3. The zero-order chi connectivity index (χ0) is 19.8. The maximum Gasteiger partial charge on any atom is 0.137 e. The number of nitriles is 1. The predicted octanol–water partition coefficient (Wildman–Crippen LogP) is 5.52. The van der Waals surface area contributed by atoms with E-state index in [1.165, 1.54) is 15.8 Å². The summed E-state index contributed by atoms with van der Waals surface area (Å²) >= 11 is 1.74. The standard InChI is InChI=1S/C24H21N3OS/c1-17-15-26-23-8-5-18-13-21(6-7-22(18)27(17)23)29-20-4-2-3-19(14-20)24(16-25)9-11-28-12-10-24/h2-8,13-15H,9-12H2,1H3. The van der Waals surface area contributed by atoms with Gasteiger partial charge in [-0.15, -0.1) is 0 Å². The summed E-state index contributed by atoms with van der Waals surface area (Å²) in [7, 11) is 0. The number of hydrogen-bond acceptors (Lipinski definition) is 4. The summed E-state index contributed by atoms with van der Waals surface area (Å²) in [6.45, 7) is 3.38. The molecule has 1 fully saturated rings. The Morgan fingerprint density at radius 2 is 1.90 bits per heavy atom. The van der Waals surface area contributed by atoms with E-state index in [-0.39, 0.29) is 0 Å². The Labute approximate surface area is 174 Å². The highest BCUT2D eigenvalue weighted by Gasteiger charge is 2.34. The Balaban J connectivity index is 1.49. The van der Waals surface area contributed by atoms with Gasteiger partial charge in [-0.25, -0.2) is 4.98 Å². The summed E-state index contributed by atoms with van der Waals surface area (Å²) in [5.41, 5.74) is 3.95. The van der Waals surface area contributed by atoms with Crippen LogP contribution in [0, 0.1) is 18.3 Å². The fourth-order valence-electron chi connectivity index (χ4n) is 4.16. The minimum atomic E-state index is -0.428. The molecule has 144 valence electrons. The van der Waals surface area contributed by atoms with Gasteiger partial charge in [-0.1, -0.05) is 23.9 Å². The van der Waals surface area contributed by atoms with E-state index in [0.29, 0.717) is 13.2 Å². The molecule has 0 spiro atoms. The van der Waals surface area contributed by atoms with E-state index in [0.717, 1.165) is 34.6 Å². The van der Waals surface area contributed by atoms with Crippen molar-refractivity contribution in [1.29, 1.82) is 5.26 Å². The molecule has 3 heterocycles. The SMILES string of the molecule is Cc1cnc2ccc3cc(Sc4cccc(C5(C#N)CCOCC5)c4)ccc3n12. The van der Waals surface area contributed by atoms with Crippen molar-refractivity contribution in [1.82, 2.24) is 9.38 Å². The average molecular weight is 400 g/mol. The Hall–Kier alpha value is -2.81. The number of nitrogens with zero attached hydrogens (tertiary/aromatic N) is 3. The predicted molar refractivity (Wildman–Crippen MR) is 115 cm³/mol. The van der Waals surface area contributed by atoms with Gasteiger partial charge < -0.3 is 4.74 Å². The number of aryl methyl sites for hydroxylation is 1. The molecule has 2 aromatic carbocycles. The van der Waals surface area contributed by atoms with Crippen LogP contribution in [0.2, 0.25) is 0 Å². The third-order valence-corrected chi connectivity index (χ3v) is 6.78. The quantitative estimate of drug-likeness (QED) is 0.455. The van der Waals surface area contributed by atoms with Gasteiger partial charge in [0, 0.05) is 34.9 Å². The van der Waals surface area contributed by atoms with E-state index in [1.54, 1.807) is 11.8 Å². The molecule has 0 bridgehead atoms. The molecule has 0 atom stereocenters. The Morgan fingerprint density at radius 1 is 1.07 bits per heavy atom. The van der Waals surface area contributed by atoms with Crippen LogP contribution in [0.4, 0.5) is 0 Å². The van der Waals surface area contributed by atoms with E-state index in [9.17, 15) is 5.26 Å². The van der Waals surface area contributed by atoms with Gasteiger partial charge in [0.2, 0.25) is 0 Å². The van der Waals surface area contributed by atoms with Gasteiger partial charge >= 0.3 is 0 Å². The molecule has 4 nitrogen and oxygen atoms in total. The lowest BCUT2D eigenvalue weighted by Crippen LogP contribution is -2.32. The number of rotatable bonds is 3. The topological polar surface area (TPSA) is 50.3 Å². The third-order valence-electron chi connectivity index (χ3n) is 5.80. The lowest BCUT2D eigenvalue weighted by molar-refractivity contribution is 0.0675. The first-order chi connectivity index (χ1) is 14.2. The van der Waals surface area contributed by atoms with Gasteiger partial charge in [0.1, 0.15) is 5.65 Å². The summed E-state index contributed by atoms with van der Waals surface area (Å²) in [6, 6.07) is 21.7. The highest BCUT2D eigenvalue weighted by atomic mass is 32.2. The number of pyridine rings is 1. The molecule has 0 radical (unpaired) electrons. The van der Waals surface area contributed by atoms with Crippen molar-refractivity contribution in [2.75, 3.05) is 13.2 Å². The van der Waals surface area contributed by atoms with Crippen LogP contribution >= 0.6 is 11.8 Å². The molecular formula is C24H21N3OS. The first-order valence-electron chi connectivity index (χ1n) is 9.83. The van der Waals surface area contributed by atoms with Crippen LogP contribution < -0.4 is 0 Å². The Kier molecular flexibility index (Phi) is 4.54. The second-order valence-corrected chi connectivity index (χ2v) is 8.73. The maximum atomic E-state index is 9.87. The van der Waals surface area contributed by atoms with Crippen molar-refractivity contribution in [3.8, 4) is 6.07 Å². The summed E-state index contributed by atoms with van der Waals surface area (Å²) in [6.07, 6.45) is 3.42. The molecule has 0 amide bonds. The number of ether oxygens (including phenoxy) is 1. The molecule has 29 heavy (non-hydrogen) atoms. The van der Waals surface area contributed by atoms with Crippen molar-refractivity contribution in [3.63, 3.8) is 0 Å². The van der Waals surface area contributed by atoms with Crippen molar-refractivity contribution >= 4 is 28.3 Å². The minimum Gasteiger partial charge on any atom is -0.381 e. The van der Waals surface area contributed by atoms with Crippen LogP contribution in [0.15, 0.2) is 70.6 Å². The van der Waals surface area contributed by atoms with Gasteiger partial charge in [0.05, 0.1) is 17.0 Å². The Morgan fingerprint density at radius 3 is 2.72 bits per heavy atom. The molecule has 0 N–H and O–H groups in total. The molecule has 5 heteroatoms. The van der Waals surface area contributed by atoms with Gasteiger partial charge in [0.15, 0.2) is 0 Å². The molecule has 2 aromatic heterocycles. The summed E-state index contributed by atoms with van der Waals surface area (Å²) in [5.74, 6) is 0. The Bertz CT molecular complexity index is 1250. The minimum absolute atomic E-state index is 0.428. The number of hydrogen-bond donors (Lipinski definition) is 0. The second kappa shape index (κ2) is 7.22. The first kappa shape index (κ1) is 18.2. The number of imidazole rings is 1. The highest BCUT2D eigenvalue weighted by Crippen LogP contribution is 2.37. The van der Waals surface area contributed by atoms with Crippen LogP contribution in [0.5, 0.6) is 0 Å². The van der Waals surface area contributed by atoms with Crippen molar-refractivity contribution < 1.29 is 4.74 Å². The molecule has 0 unspecified atom stereocenters. The van der Waals surface area contributed by atoms with Crippen LogP contribution in [0.3, 0.4) is 0 Å². The van der Waals surface area contributed by atoms with Crippen LogP contribution in [0.1, 0.15) is 24.1 Å². The van der Waals surface area contributed by atoms with Crippen molar-refractivity contribution in [2.24, 2.45) is 0 Å². The molecule has 0 aliphatic carbocycles. The number of aromatic nitrogens is 2. The smallest absolute Gasteiger partial charge is 0.137 e. The van der Waals surface area contributed by atoms with Crippen molar-refractivity contribution in [2.45, 2.75) is 35.0 Å². The van der Waals surface area contributed by atoms with E-state index >= 15 is 0 Å². The molecule has 1 saturated heterocycles. The van der Waals surface area contributed by atoms with E-state index in [2.05, 4.69) is 77.0 Å². The largest absolute Gasteiger partial charge is 0.381 e. The van der Waals surface area contributed by atoms with Gasteiger partial charge in [0.25, 0.3) is 0 Å². The van der Waals surface area contributed by atoms with Crippen molar-refractivity contribution in [3.05, 3.63) is 72.1 Å². The maximum absolute atomic E-state index is 9.87. The second-order valence-electron chi connectivity index (χ2n) is 7.58. The molecule has 1 aliphatic heterocycles. The lowest BCUT2D eigenvalue weighted by atomic mass is 9.75. The van der Waals surface area contributed by atoms with Crippen LogP contribution in [-0.2, 0) is 10.2 Å². The fourth-order valence-corrected chi connectivity index (χ4v) is 5.09. The zero-order valence-corrected chi connectivity index (χ0v) is 17.1. The zero-order valence-electron chi connectivity index (χ0n) is 16.3. The highest BCUT2D eigenvalue weighted by molar-refractivity contribution is 7.99. The van der Waals surface area contributed by atoms with E-state index in [1.807, 2.05) is 6.20 Å². The van der Waals surface area contributed by atoms with Gasteiger partial charge in [-0.2, -0.15) is 5.26 Å². The lowest BCUT2D eigenvalue weighted by Gasteiger charge is -2.31. The van der Waals surface area contributed by atoms with E-state index < -0.39 is 5.41 Å². The summed E-state index contributed by atoms with van der Waals surface area (Å²) in [4.78, 5) is 6.79. The third kappa shape index (κ3) is 3.19. The summed E-state index contributed by atoms with van der Waals surface area (Å²) in [5, 5.41) is 11.1. The average Bonchev–Trinajstić information content (AvgIpc) is 3.15.